The van der Waals surface area contributed by atoms with E-state index in [-0.39, 0.29) is 12.4 Å². The average Bonchev–Trinajstić information content (AvgIpc) is 2.68. The molecule has 0 aliphatic heterocycles. The Labute approximate surface area is 182 Å². The molecular formula is C26H46ClN. The molecule has 0 saturated carbocycles. The summed E-state index contributed by atoms with van der Waals surface area (Å²) in [5.41, 5.74) is 1.46. The number of nitrogens with zero attached hydrogens (tertiary/aromatic N) is 1. The molecule has 0 N–H and O–H groups in total. The average molecular weight is 408 g/mol. The van der Waals surface area contributed by atoms with E-state index in [1.54, 1.807) is 0 Å². The number of hydrogen-bond acceptors (Lipinski definition) is 0. The monoisotopic (exact) mass is 407 g/mol. The fourth-order valence-electron chi connectivity index (χ4n) is 3.98. The predicted molar refractivity (Wildman–Crippen MR) is 122 cm³/mol. The van der Waals surface area contributed by atoms with Crippen molar-refractivity contribution in [3.05, 3.63) is 48.6 Å². The van der Waals surface area contributed by atoms with Crippen LogP contribution in [0.15, 0.2) is 43.0 Å². The summed E-state index contributed by atoms with van der Waals surface area (Å²) in [5.74, 6) is 0. The number of halogens is 1. The minimum Gasteiger partial charge on any atom is -1.00 e. The molecule has 0 radical (unpaired) electrons. The smallest absolute Gasteiger partial charge is 0.0969 e. The zero-order chi connectivity index (χ0) is 19.6. The molecule has 0 aliphatic rings. The maximum atomic E-state index is 3.99. The van der Waals surface area contributed by atoms with Gasteiger partial charge in [-0.15, -0.1) is 0 Å². The van der Waals surface area contributed by atoms with Gasteiger partial charge in [0.1, 0.15) is 0 Å². The van der Waals surface area contributed by atoms with Gasteiger partial charge in [-0.3, -0.25) is 0 Å². The van der Waals surface area contributed by atoms with E-state index in [4.69, 9.17) is 0 Å². The zero-order valence-corrected chi connectivity index (χ0v) is 19.6. The fourth-order valence-corrected chi connectivity index (χ4v) is 3.98. The van der Waals surface area contributed by atoms with Crippen molar-refractivity contribution >= 4 is 0 Å². The zero-order valence-electron chi connectivity index (χ0n) is 18.8. The molecule has 0 saturated heterocycles. The Bertz CT molecular complexity index is 459. The first-order valence-electron chi connectivity index (χ1n) is 11.7. The van der Waals surface area contributed by atoms with E-state index >= 15 is 0 Å². The molecule has 0 fully saturated rings. The Morgan fingerprint density at radius 2 is 1.25 bits per heavy atom. The Morgan fingerprint density at radius 3 is 1.75 bits per heavy atom. The molecule has 1 aromatic rings. The van der Waals surface area contributed by atoms with E-state index in [1.165, 1.54) is 102 Å². The van der Waals surface area contributed by atoms with Crippen molar-refractivity contribution in [2.75, 3.05) is 26.7 Å². The number of rotatable bonds is 18. The van der Waals surface area contributed by atoms with E-state index in [0.717, 1.165) is 11.0 Å². The fraction of sp³-hybridized carbons (Fsp3) is 0.692. The van der Waals surface area contributed by atoms with Gasteiger partial charge in [0, 0.05) is 6.42 Å². The van der Waals surface area contributed by atoms with Crippen LogP contribution in [0, 0.1) is 0 Å². The molecule has 0 spiro atoms. The molecule has 0 amide bonds. The number of quaternary nitrogens is 1. The third-order valence-electron chi connectivity index (χ3n) is 5.90. The number of likely N-dealkylation sites (N-methyl/N-ethyl adjacent to an activating group) is 1. The SMILES string of the molecule is C=CC[N+](C)(CCCCCCCCCCCCCC)CCc1ccccc1.[Cl-]. The highest BCUT2D eigenvalue weighted by Gasteiger charge is 2.19. The van der Waals surface area contributed by atoms with Crippen LogP contribution >= 0.6 is 0 Å². The van der Waals surface area contributed by atoms with Gasteiger partial charge >= 0.3 is 0 Å². The van der Waals surface area contributed by atoms with Crippen molar-refractivity contribution in [3.63, 3.8) is 0 Å². The molecule has 1 nitrogen and oxygen atoms in total. The maximum absolute atomic E-state index is 3.99. The molecule has 2 heteroatoms. The van der Waals surface area contributed by atoms with Crippen LogP contribution in [0.2, 0.25) is 0 Å². The Balaban J connectivity index is 0.00000729. The van der Waals surface area contributed by atoms with E-state index in [2.05, 4.69) is 57.0 Å². The van der Waals surface area contributed by atoms with E-state index < -0.39 is 0 Å². The lowest BCUT2D eigenvalue weighted by atomic mass is 10.0. The largest absolute Gasteiger partial charge is 1.00 e. The van der Waals surface area contributed by atoms with Gasteiger partial charge in [-0.1, -0.05) is 108 Å². The standard InChI is InChI=1S/C26H46N.ClH/c1-4-6-7-8-9-10-11-12-13-14-15-19-24-27(3,23-5-2)25-22-26-20-17-16-18-21-26;/h5,16-18,20-21H,2,4,6-15,19,22-25H2,1,3H3;1H/q+1;/p-1. The van der Waals surface area contributed by atoms with Crippen molar-refractivity contribution in [2.45, 2.75) is 90.4 Å². The number of unbranched alkanes of at least 4 members (excludes halogenated alkanes) is 11. The van der Waals surface area contributed by atoms with Crippen molar-refractivity contribution < 1.29 is 16.9 Å². The number of hydrogen-bond donors (Lipinski definition) is 0. The third-order valence-corrected chi connectivity index (χ3v) is 5.90. The van der Waals surface area contributed by atoms with Crippen molar-refractivity contribution in [1.82, 2.24) is 0 Å². The van der Waals surface area contributed by atoms with E-state index in [1.807, 2.05) is 0 Å². The second kappa shape index (κ2) is 18.3. The summed E-state index contributed by atoms with van der Waals surface area (Å²) in [6, 6.07) is 10.9. The topological polar surface area (TPSA) is 0 Å². The minimum atomic E-state index is 0. The highest BCUT2D eigenvalue weighted by Crippen LogP contribution is 2.14. The van der Waals surface area contributed by atoms with Gasteiger partial charge in [-0.25, -0.2) is 0 Å². The van der Waals surface area contributed by atoms with Gasteiger partial charge in [0.25, 0.3) is 0 Å². The molecule has 0 heterocycles. The van der Waals surface area contributed by atoms with Gasteiger partial charge < -0.3 is 16.9 Å². The summed E-state index contributed by atoms with van der Waals surface area (Å²) in [4.78, 5) is 0. The minimum absolute atomic E-state index is 0. The lowest BCUT2D eigenvalue weighted by Crippen LogP contribution is -3.00. The van der Waals surface area contributed by atoms with E-state index in [9.17, 15) is 0 Å². The molecule has 0 aromatic heterocycles. The van der Waals surface area contributed by atoms with Crippen molar-refractivity contribution in [2.24, 2.45) is 0 Å². The summed E-state index contributed by atoms with van der Waals surface area (Å²) in [5, 5.41) is 0. The predicted octanol–water partition coefficient (Wildman–Crippen LogP) is 4.57. The van der Waals surface area contributed by atoms with Crippen LogP contribution in [0.3, 0.4) is 0 Å². The van der Waals surface area contributed by atoms with Crippen molar-refractivity contribution in [1.29, 1.82) is 0 Å². The van der Waals surface area contributed by atoms with Crippen LogP contribution in [0.25, 0.3) is 0 Å². The summed E-state index contributed by atoms with van der Waals surface area (Å²) in [6.07, 6.45) is 20.4. The molecule has 1 unspecified atom stereocenters. The molecule has 1 rings (SSSR count). The first-order valence-corrected chi connectivity index (χ1v) is 11.7. The Morgan fingerprint density at radius 1 is 0.750 bits per heavy atom. The quantitative estimate of drug-likeness (QED) is 0.190. The second-order valence-corrected chi connectivity index (χ2v) is 8.66. The summed E-state index contributed by atoms with van der Waals surface area (Å²) < 4.78 is 1.14. The van der Waals surface area contributed by atoms with Gasteiger partial charge in [-0.2, -0.15) is 0 Å². The molecular weight excluding hydrogens is 362 g/mol. The summed E-state index contributed by atoms with van der Waals surface area (Å²) >= 11 is 0. The first kappa shape index (κ1) is 27.2. The maximum Gasteiger partial charge on any atom is 0.0969 e. The van der Waals surface area contributed by atoms with Gasteiger partial charge in [0.2, 0.25) is 0 Å². The van der Waals surface area contributed by atoms with Gasteiger partial charge in [-0.05, 0) is 24.5 Å². The Kier molecular flexibility index (Phi) is 17.7. The van der Waals surface area contributed by atoms with Gasteiger partial charge in [0.15, 0.2) is 0 Å². The molecule has 162 valence electrons. The van der Waals surface area contributed by atoms with E-state index in [0.29, 0.717) is 0 Å². The normalized spacial score (nSPS) is 12.9. The molecule has 1 aromatic carbocycles. The highest BCUT2D eigenvalue weighted by molar-refractivity contribution is 5.14. The highest BCUT2D eigenvalue weighted by atomic mass is 35.5. The van der Waals surface area contributed by atoms with Crippen LogP contribution in [0.4, 0.5) is 0 Å². The molecule has 28 heavy (non-hydrogen) atoms. The van der Waals surface area contributed by atoms with Crippen LogP contribution < -0.4 is 12.4 Å². The van der Waals surface area contributed by atoms with Crippen LogP contribution in [-0.4, -0.2) is 31.2 Å². The van der Waals surface area contributed by atoms with Crippen LogP contribution in [0.5, 0.6) is 0 Å². The molecule has 0 bridgehead atoms. The molecule has 1 atom stereocenters. The molecule has 0 aliphatic carbocycles. The number of benzene rings is 1. The summed E-state index contributed by atoms with van der Waals surface area (Å²) in [7, 11) is 2.41. The Hall–Kier alpha value is -0.790. The lowest BCUT2D eigenvalue weighted by molar-refractivity contribution is -0.904. The van der Waals surface area contributed by atoms with Crippen LogP contribution in [-0.2, 0) is 6.42 Å². The lowest BCUT2D eigenvalue weighted by Gasteiger charge is -2.34. The second-order valence-electron chi connectivity index (χ2n) is 8.66. The summed E-state index contributed by atoms with van der Waals surface area (Å²) in [6.45, 7) is 9.88. The first-order chi connectivity index (χ1) is 13.2. The van der Waals surface area contributed by atoms with Crippen molar-refractivity contribution in [3.8, 4) is 0 Å². The van der Waals surface area contributed by atoms with Gasteiger partial charge in [0.05, 0.1) is 26.7 Å². The van der Waals surface area contributed by atoms with Crippen LogP contribution in [0.1, 0.15) is 89.5 Å². The third kappa shape index (κ3) is 14.2.